The van der Waals surface area contributed by atoms with Gasteiger partial charge in [-0.05, 0) is 30.3 Å². The Bertz CT molecular complexity index is 545. The highest BCUT2D eigenvalue weighted by Gasteiger charge is 2.02. The molecule has 0 aliphatic rings. The second-order valence-electron chi connectivity index (χ2n) is 4.31. The van der Waals surface area contributed by atoms with Gasteiger partial charge >= 0.3 is 0 Å². The molecule has 0 saturated carbocycles. The van der Waals surface area contributed by atoms with Gasteiger partial charge in [0.2, 0.25) is 0 Å². The van der Waals surface area contributed by atoms with Crippen LogP contribution in [0.3, 0.4) is 0 Å². The zero-order valence-corrected chi connectivity index (χ0v) is 11.5. The van der Waals surface area contributed by atoms with E-state index in [-0.39, 0.29) is 5.82 Å². The van der Waals surface area contributed by atoms with Gasteiger partial charge in [0.15, 0.2) is 0 Å². The highest BCUT2D eigenvalue weighted by Crippen LogP contribution is 2.20. The minimum atomic E-state index is -0.219. The standard InChI is InChI=1S/C15H16ClFN2/c1-19(13-6-4-5-12(17)11-13)10-9-18-15-8-3-2-7-14(15)16/h2-8,11,18H,9-10H2,1H3. The molecule has 0 atom stereocenters. The lowest BCUT2D eigenvalue weighted by Gasteiger charge is -2.20. The zero-order valence-electron chi connectivity index (χ0n) is 10.7. The molecule has 100 valence electrons. The average molecular weight is 279 g/mol. The molecule has 19 heavy (non-hydrogen) atoms. The first-order chi connectivity index (χ1) is 9.16. The van der Waals surface area contributed by atoms with Gasteiger partial charge < -0.3 is 10.2 Å². The monoisotopic (exact) mass is 278 g/mol. The summed E-state index contributed by atoms with van der Waals surface area (Å²) in [7, 11) is 1.93. The van der Waals surface area contributed by atoms with Crippen molar-refractivity contribution in [3.63, 3.8) is 0 Å². The molecule has 2 rings (SSSR count). The maximum atomic E-state index is 13.1. The number of nitrogens with zero attached hydrogens (tertiary/aromatic N) is 1. The van der Waals surface area contributed by atoms with Gasteiger partial charge in [-0.1, -0.05) is 29.8 Å². The largest absolute Gasteiger partial charge is 0.382 e. The van der Waals surface area contributed by atoms with Crippen molar-refractivity contribution in [2.75, 3.05) is 30.4 Å². The van der Waals surface area contributed by atoms with Crippen LogP contribution in [0.25, 0.3) is 0 Å². The number of hydrogen-bond acceptors (Lipinski definition) is 2. The van der Waals surface area contributed by atoms with Gasteiger partial charge in [0, 0.05) is 25.8 Å². The molecule has 0 aliphatic carbocycles. The van der Waals surface area contributed by atoms with E-state index >= 15 is 0 Å². The van der Waals surface area contributed by atoms with E-state index < -0.39 is 0 Å². The second kappa shape index (κ2) is 6.43. The van der Waals surface area contributed by atoms with Gasteiger partial charge in [-0.2, -0.15) is 0 Å². The van der Waals surface area contributed by atoms with Gasteiger partial charge in [0.25, 0.3) is 0 Å². The summed E-state index contributed by atoms with van der Waals surface area (Å²) in [5.74, 6) is -0.219. The molecule has 0 unspecified atom stereocenters. The summed E-state index contributed by atoms with van der Waals surface area (Å²) in [6, 6.07) is 14.2. The Labute approximate surface area is 117 Å². The second-order valence-corrected chi connectivity index (χ2v) is 4.72. The summed E-state index contributed by atoms with van der Waals surface area (Å²) in [6.07, 6.45) is 0. The molecule has 4 heteroatoms. The van der Waals surface area contributed by atoms with Crippen LogP contribution in [-0.2, 0) is 0 Å². The van der Waals surface area contributed by atoms with E-state index in [4.69, 9.17) is 11.6 Å². The van der Waals surface area contributed by atoms with E-state index in [1.54, 1.807) is 6.07 Å². The molecule has 2 aromatic carbocycles. The maximum Gasteiger partial charge on any atom is 0.125 e. The summed E-state index contributed by atoms with van der Waals surface area (Å²) < 4.78 is 13.1. The highest BCUT2D eigenvalue weighted by atomic mass is 35.5. The van der Waals surface area contributed by atoms with E-state index in [1.165, 1.54) is 12.1 Å². The number of benzene rings is 2. The predicted octanol–water partition coefficient (Wildman–Crippen LogP) is 4.03. The van der Waals surface area contributed by atoms with Gasteiger partial charge in [-0.15, -0.1) is 0 Å². The highest BCUT2D eigenvalue weighted by molar-refractivity contribution is 6.33. The molecular weight excluding hydrogens is 263 g/mol. The molecule has 2 nitrogen and oxygen atoms in total. The van der Waals surface area contributed by atoms with Crippen molar-refractivity contribution in [1.29, 1.82) is 0 Å². The topological polar surface area (TPSA) is 15.3 Å². The van der Waals surface area contributed by atoms with Crippen molar-refractivity contribution in [2.45, 2.75) is 0 Å². The van der Waals surface area contributed by atoms with Crippen LogP contribution < -0.4 is 10.2 Å². The smallest absolute Gasteiger partial charge is 0.125 e. The Kier molecular flexibility index (Phi) is 4.63. The van der Waals surface area contributed by atoms with Gasteiger partial charge in [-0.3, -0.25) is 0 Å². The fourth-order valence-electron chi connectivity index (χ4n) is 1.81. The number of anilines is 2. The third kappa shape index (κ3) is 3.86. The van der Waals surface area contributed by atoms with Crippen LogP contribution in [0.15, 0.2) is 48.5 Å². The quantitative estimate of drug-likeness (QED) is 0.888. The lowest BCUT2D eigenvalue weighted by atomic mass is 10.3. The lowest BCUT2D eigenvalue weighted by Crippen LogP contribution is -2.24. The molecule has 0 aliphatic heterocycles. The fraction of sp³-hybridized carbons (Fsp3) is 0.200. The molecule has 0 heterocycles. The Morgan fingerprint density at radius 2 is 1.95 bits per heavy atom. The first kappa shape index (κ1) is 13.7. The van der Waals surface area contributed by atoms with Crippen LogP contribution in [0.5, 0.6) is 0 Å². The molecule has 0 amide bonds. The van der Waals surface area contributed by atoms with E-state index in [2.05, 4.69) is 5.32 Å². The van der Waals surface area contributed by atoms with E-state index in [0.29, 0.717) is 5.02 Å². The Hall–Kier alpha value is -1.74. The van der Waals surface area contributed by atoms with Crippen LogP contribution >= 0.6 is 11.6 Å². The molecule has 0 spiro atoms. The molecule has 0 bridgehead atoms. The summed E-state index contributed by atoms with van der Waals surface area (Å²) in [5, 5.41) is 3.97. The number of para-hydroxylation sites is 1. The van der Waals surface area contributed by atoms with Crippen molar-refractivity contribution in [3.05, 3.63) is 59.4 Å². The van der Waals surface area contributed by atoms with E-state index in [1.807, 2.05) is 42.3 Å². The lowest BCUT2D eigenvalue weighted by molar-refractivity contribution is 0.627. The molecule has 2 aromatic rings. The van der Waals surface area contributed by atoms with Gasteiger partial charge in [0.05, 0.1) is 10.7 Å². The van der Waals surface area contributed by atoms with E-state index in [0.717, 1.165) is 24.5 Å². The van der Waals surface area contributed by atoms with Crippen molar-refractivity contribution < 1.29 is 4.39 Å². The molecule has 0 aromatic heterocycles. The van der Waals surface area contributed by atoms with E-state index in [9.17, 15) is 4.39 Å². The van der Waals surface area contributed by atoms with Crippen molar-refractivity contribution in [1.82, 2.24) is 0 Å². The minimum Gasteiger partial charge on any atom is -0.382 e. The van der Waals surface area contributed by atoms with Crippen LogP contribution in [0.2, 0.25) is 5.02 Å². The van der Waals surface area contributed by atoms with Crippen LogP contribution in [-0.4, -0.2) is 20.1 Å². The maximum absolute atomic E-state index is 13.1. The summed E-state index contributed by atoms with van der Waals surface area (Å²) >= 11 is 6.05. The minimum absolute atomic E-state index is 0.219. The summed E-state index contributed by atoms with van der Waals surface area (Å²) in [6.45, 7) is 1.49. The third-order valence-electron chi connectivity index (χ3n) is 2.89. The summed E-state index contributed by atoms with van der Waals surface area (Å²) in [5.41, 5.74) is 1.78. The number of rotatable bonds is 5. The van der Waals surface area contributed by atoms with Gasteiger partial charge in [-0.25, -0.2) is 4.39 Å². The summed E-state index contributed by atoms with van der Waals surface area (Å²) in [4.78, 5) is 1.99. The number of nitrogens with one attached hydrogen (secondary N) is 1. The normalized spacial score (nSPS) is 10.3. The van der Waals surface area contributed by atoms with Crippen molar-refractivity contribution in [3.8, 4) is 0 Å². The van der Waals surface area contributed by atoms with Crippen molar-refractivity contribution >= 4 is 23.0 Å². The van der Waals surface area contributed by atoms with Crippen LogP contribution in [0.1, 0.15) is 0 Å². The number of likely N-dealkylation sites (N-methyl/N-ethyl adjacent to an activating group) is 1. The first-order valence-corrected chi connectivity index (χ1v) is 6.50. The fourth-order valence-corrected chi connectivity index (χ4v) is 2.01. The number of hydrogen-bond donors (Lipinski definition) is 1. The molecule has 0 fully saturated rings. The predicted molar refractivity (Wildman–Crippen MR) is 79.6 cm³/mol. The SMILES string of the molecule is CN(CCNc1ccccc1Cl)c1cccc(F)c1. The van der Waals surface area contributed by atoms with Crippen LogP contribution in [0, 0.1) is 5.82 Å². The Morgan fingerprint density at radius 3 is 2.68 bits per heavy atom. The Balaban J connectivity index is 1.88. The molecule has 0 saturated heterocycles. The molecule has 1 N–H and O–H groups in total. The zero-order chi connectivity index (χ0) is 13.7. The molecular formula is C15H16ClFN2. The first-order valence-electron chi connectivity index (χ1n) is 6.12. The average Bonchev–Trinajstić information content (AvgIpc) is 2.41. The van der Waals surface area contributed by atoms with Crippen molar-refractivity contribution in [2.24, 2.45) is 0 Å². The molecule has 0 radical (unpaired) electrons. The third-order valence-corrected chi connectivity index (χ3v) is 3.22. The van der Waals surface area contributed by atoms with Crippen LogP contribution in [0.4, 0.5) is 15.8 Å². The number of halogens is 2. The Morgan fingerprint density at radius 1 is 1.16 bits per heavy atom. The van der Waals surface area contributed by atoms with Gasteiger partial charge in [0.1, 0.15) is 5.82 Å².